The number of ether oxygens (including phenoxy) is 2. The van der Waals surface area contributed by atoms with E-state index in [1.54, 1.807) is 37.3 Å². The zero-order valence-electron chi connectivity index (χ0n) is 15.8. The molecule has 142 valence electrons. The zero-order chi connectivity index (χ0) is 19.4. The Bertz CT molecular complexity index is 850. The lowest BCUT2D eigenvalue weighted by Gasteiger charge is -2.17. The third-order valence-corrected chi connectivity index (χ3v) is 4.78. The quantitative estimate of drug-likeness (QED) is 0.850. The Morgan fingerprint density at radius 1 is 1.15 bits per heavy atom. The fourth-order valence-electron chi connectivity index (χ4n) is 3.24. The maximum Gasteiger partial charge on any atom is 0.229 e. The highest BCUT2D eigenvalue weighted by atomic mass is 16.5. The van der Waals surface area contributed by atoms with E-state index in [0.717, 1.165) is 12.1 Å². The van der Waals surface area contributed by atoms with Crippen molar-refractivity contribution >= 4 is 23.2 Å². The van der Waals surface area contributed by atoms with Crippen molar-refractivity contribution in [3.63, 3.8) is 0 Å². The molecule has 1 atom stereocenters. The summed E-state index contributed by atoms with van der Waals surface area (Å²) < 4.78 is 10.5. The summed E-state index contributed by atoms with van der Waals surface area (Å²) in [6.07, 6.45) is 1.11. The second-order valence-corrected chi connectivity index (χ2v) is 6.49. The Kier molecular flexibility index (Phi) is 5.64. The van der Waals surface area contributed by atoms with E-state index in [1.807, 2.05) is 24.3 Å². The molecule has 1 N–H and O–H groups in total. The van der Waals surface area contributed by atoms with Crippen molar-refractivity contribution in [2.24, 2.45) is 5.92 Å². The van der Waals surface area contributed by atoms with Crippen molar-refractivity contribution in [3.8, 4) is 11.5 Å². The molecule has 2 aromatic carbocycles. The molecule has 1 unspecified atom stereocenters. The smallest absolute Gasteiger partial charge is 0.229 e. The van der Waals surface area contributed by atoms with E-state index < -0.39 is 5.92 Å². The average Bonchev–Trinajstić information content (AvgIpc) is 3.09. The number of hydrogen-bond donors (Lipinski definition) is 1. The maximum absolute atomic E-state index is 12.7. The van der Waals surface area contributed by atoms with Gasteiger partial charge in [-0.25, -0.2) is 0 Å². The normalized spacial score (nSPS) is 16.3. The van der Waals surface area contributed by atoms with Crippen LogP contribution in [-0.2, 0) is 16.0 Å². The van der Waals surface area contributed by atoms with Crippen LogP contribution in [0.5, 0.6) is 11.5 Å². The maximum atomic E-state index is 12.7. The van der Waals surface area contributed by atoms with Crippen molar-refractivity contribution in [1.82, 2.24) is 0 Å². The lowest BCUT2D eigenvalue weighted by molar-refractivity contribution is -0.122. The van der Waals surface area contributed by atoms with Crippen molar-refractivity contribution in [2.75, 3.05) is 31.0 Å². The highest BCUT2D eigenvalue weighted by Crippen LogP contribution is 2.31. The van der Waals surface area contributed by atoms with Gasteiger partial charge < -0.3 is 19.7 Å². The number of nitrogens with one attached hydrogen (secondary N) is 1. The molecule has 1 saturated heterocycles. The molecule has 0 aliphatic carbocycles. The third kappa shape index (κ3) is 4.05. The largest absolute Gasteiger partial charge is 0.493 e. The number of anilines is 2. The van der Waals surface area contributed by atoms with Crippen molar-refractivity contribution in [1.29, 1.82) is 0 Å². The third-order valence-electron chi connectivity index (χ3n) is 4.78. The molecule has 0 aromatic heterocycles. The summed E-state index contributed by atoms with van der Waals surface area (Å²) in [7, 11) is 3.10. The number of carbonyl (C=O) groups is 2. The summed E-state index contributed by atoms with van der Waals surface area (Å²) in [5, 5.41) is 2.87. The summed E-state index contributed by atoms with van der Waals surface area (Å²) >= 11 is 0. The SMILES string of the molecule is CCc1cccc(N2CC(C(=O)Nc3ccc(OC)c(OC)c3)CC2=O)c1. The Hall–Kier alpha value is -3.02. The fraction of sp³-hybridized carbons (Fsp3) is 0.333. The van der Waals surface area contributed by atoms with Gasteiger partial charge in [0, 0.05) is 30.4 Å². The molecule has 6 nitrogen and oxygen atoms in total. The molecule has 0 bridgehead atoms. The van der Waals surface area contributed by atoms with Crippen LogP contribution in [0, 0.1) is 5.92 Å². The first-order valence-electron chi connectivity index (χ1n) is 8.98. The van der Waals surface area contributed by atoms with Crippen molar-refractivity contribution < 1.29 is 19.1 Å². The predicted octanol–water partition coefficient (Wildman–Crippen LogP) is 3.26. The number of rotatable bonds is 6. The molecule has 1 aliphatic rings. The van der Waals surface area contributed by atoms with Gasteiger partial charge in [0.05, 0.1) is 20.1 Å². The number of carbonyl (C=O) groups excluding carboxylic acids is 2. The first-order chi connectivity index (χ1) is 13.0. The van der Waals surface area contributed by atoms with Crippen LogP contribution in [0.2, 0.25) is 0 Å². The van der Waals surface area contributed by atoms with E-state index in [2.05, 4.69) is 12.2 Å². The van der Waals surface area contributed by atoms with Gasteiger partial charge in [0.25, 0.3) is 0 Å². The Balaban J connectivity index is 1.70. The van der Waals surface area contributed by atoms with Gasteiger partial charge in [-0.05, 0) is 36.2 Å². The van der Waals surface area contributed by atoms with Crippen LogP contribution in [0.3, 0.4) is 0 Å². The van der Waals surface area contributed by atoms with Crippen LogP contribution in [0.15, 0.2) is 42.5 Å². The molecule has 2 amide bonds. The zero-order valence-corrected chi connectivity index (χ0v) is 15.8. The van der Waals surface area contributed by atoms with Gasteiger partial charge >= 0.3 is 0 Å². The molecular weight excluding hydrogens is 344 g/mol. The van der Waals surface area contributed by atoms with E-state index in [0.29, 0.717) is 23.7 Å². The van der Waals surface area contributed by atoms with E-state index in [-0.39, 0.29) is 18.2 Å². The number of benzene rings is 2. The molecule has 6 heteroatoms. The van der Waals surface area contributed by atoms with Gasteiger partial charge in [-0.3, -0.25) is 9.59 Å². The van der Waals surface area contributed by atoms with Crippen molar-refractivity contribution in [2.45, 2.75) is 19.8 Å². The molecule has 0 spiro atoms. The summed E-state index contributed by atoms with van der Waals surface area (Å²) in [6, 6.07) is 13.1. The summed E-state index contributed by atoms with van der Waals surface area (Å²) in [5.74, 6) is 0.528. The van der Waals surface area contributed by atoms with Gasteiger partial charge in [0.15, 0.2) is 11.5 Å². The average molecular weight is 368 g/mol. The molecule has 2 aromatic rings. The van der Waals surface area contributed by atoms with Crippen LogP contribution in [0.4, 0.5) is 11.4 Å². The second kappa shape index (κ2) is 8.12. The van der Waals surface area contributed by atoms with Crippen LogP contribution in [0.25, 0.3) is 0 Å². The monoisotopic (exact) mass is 368 g/mol. The van der Waals surface area contributed by atoms with E-state index in [1.165, 1.54) is 5.56 Å². The minimum absolute atomic E-state index is 0.0317. The van der Waals surface area contributed by atoms with Gasteiger partial charge in [0.2, 0.25) is 11.8 Å². The van der Waals surface area contributed by atoms with Crippen LogP contribution in [-0.4, -0.2) is 32.6 Å². The van der Waals surface area contributed by atoms with E-state index in [9.17, 15) is 9.59 Å². The molecule has 0 radical (unpaired) electrons. The first-order valence-corrected chi connectivity index (χ1v) is 8.98. The molecule has 1 heterocycles. The highest BCUT2D eigenvalue weighted by Gasteiger charge is 2.35. The van der Waals surface area contributed by atoms with Crippen LogP contribution >= 0.6 is 0 Å². The standard InChI is InChI=1S/C21H24N2O4/c1-4-14-6-5-7-17(10-14)23-13-15(11-20(23)24)21(25)22-16-8-9-18(26-2)19(12-16)27-3/h5-10,12,15H,4,11,13H2,1-3H3,(H,22,25). The number of hydrogen-bond acceptors (Lipinski definition) is 4. The molecule has 3 rings (SSSR count). The van der Waals surface area contributed by atoms with Crippen LogP contribution in [0.1, 0.15) is 18.9 Å². The Morgan fingerprint density at radius 3 is 2.63 bits per heavy atom. The molecular formula is C21H24N2O4. The van der Waals surface area contributed by atoms with E-state index >= 15 is 0 Å². The molecule has 0 saturated carbocycles. The minimum atomic E-state index is -0.393. The lowest BCUT2D eigenvalue weighted by Crippen LogP contribution is -2.28. The number of aryl methyl sites for hydroxylation is 1. The Morgan fingerprint density at radius 2 is 1.93 bits per heavy atom. The van der Waals surface area contributed by atoms with Gasteiger partial charge in [-0.1, -0.05) is 19.1 Å². The first kappa shape index (κ1) is 18.8. The van der Waals surface area contributed by atoms with E-state index in [4.69, 9.17) is 9.47 Å². The van der Waals surface area contributed by atoms with Gasteiger partial charge in [-0.15, -0.1) is 0 Å². The molecule has 1 aliphatic heterocycles. The predicted molar refractivity (Wildman–Crippen MR) is 104 cm³/mol. The number of methoxy groups -OCH3 is 2. The lowest BCUT2D eigenvalue weighted by atomic mass is 10.1. The number of nitrogens with zero attached hydrogens (tertiary/aromatic N) is 1. The fourth-order valence-corrected chi connectivity index (χ4v) is 3.24. The van der Waals surface area contributed by atoms with Crippen molar-refractivity contribution in [3.05, 3.63) is 48.0 Å². The second-order valence-electron chi connectivity index (χ2n) is 6.49. The molecule has 27 heavy (non-hydrogen) atoms. The van der Waals surface area contributed by atoms with Gasteiger partial charge in [-0.2, -0.15) is 0 Å². The summed E-state index contributed by atoms with van der Waals surface area (Å²) in [6.45, 7) is 2.45. The van der Waals surface area contributed by atoms with Crippen LogP contribution < -0.4 is 19.7 Å². The minimum Gasteiger partial charge on any atom is -0.493 e. The number of amides is 2. The molecule has 1 fully saturated rings. The summed E-state index contributed by atoms with van der Waals surface area (Å²) in [4.78, 5) is 26.8. The Labute approximate surface area is 159 Å². The topological polar surface area (TPSA) is 67.9 Å². The summed E-state index contributed by atoms with van der Waals surface area (Å²) in [5.41, 5.74) is 2.62. The highest BCUT2D eigenvalue weighted by molar-refractivity contribution is 6.03. The van der Waals surface area contributed by atoms with Gasteiger partial charge in [0.1, 0.15) is 0 Å².